The number of nitrogens with zero attached hydrogens (tertiary/aromatic N) is 3. The summed E-state index contributed by atoms with van der Waals surface area (Å²) < 4.78 is 3.34. The zero-order valence-electron chi connectivity index (χ0n) is 22.5. The predicted octanol–water partition coefficient (Wildman–Crippen LogP) is 8.52. The minimum absolute atomic E-state index is 0.109. The van der Waals surface area contributed by atoms with E-state index in [4.69, 9.17) is 4.98 Å². The quantitative estimate of drug-likeness (QED) is 0.216. The lowest BCUT2D eigenvalue weighted by Crippen LogP contribution is -2.21. The number of pyridine rings is 1. The van der Waals surface area contributed by atoms with Crippen molar-refractivity contribution in [2.45, 2.75) is 0 Å². The average molecular weight is 528 g/mol. The van der Waals surface area contributed by atoms with Crippen LogP contribution in [-0.4, -0.2) is 14.1 Å². The van der Waals surface area contributed by atoms with Crippen LogP contribution >= 0.6 is 0 Å². The summed E-state index contributed by atoms with van der Waals surface area (Å²) in [7, 11) is 1.80. The standard InChI is InChI=1S/C37H25N3O/c1-39-32-16-8-9-17-33(32)40(37(39)41)34-21-20-27(23-38-34)36-30-14-6-4-12-28(30)35(29-13-5-7-15-31(29)36)26-19-18-24-10-2-3-11-25(24)22-26/h2-23H,1H3. The van der Waals surface area contributed by atoms with Gasteiger partial charge >= 0.3 is 5.69 Å². The van der Waals surface area contributed by atoms with Crippen molar-refractivity contribution in [3.8, 4) is 28.1 Å². The molecule has 41 heavy (non-hydrogen) atoms. The molecule has 0 fully saturated rings. The molecule has 0 N–H and O–H groups in total. The molecule has 8 rings (SSSR count). The summed E-state index contributed by atoms with van der Waals surface area (Å²) in [6, 6.07) is 44.3. The number of imidazole rings is 1. The van der Waals surface area contributed by atoms with E-state index in [2.05, 4.69) is 97.1 Å². The monoisotopic (exact) mass is 527 g/mol. The van der Waals surface area contributed by atoms with E-state index in [1.54, 1.807) is 16.2 Å². The number of hydrogen-bond donors (Lipinski definition) is 0. The van der Waals surface area contributed by atoms with Crippen LogP contribution in [0.25, 0.3) is 71.4 Å². The van der Waals surface area contributed by atoms with Crippen molar-refractivity contribution in [3.63, 3.8) is 0 Å². The molecule has 0 radical (unpaired) electrons. The van der Waals surface area contributed by atoms with E-state index in [1.165, 1.54) is 43.4 Å². The smallest absolute Gasteiger partial charge is 0.295 e. The molecule has 0 bridgehead atoms. The normalized spacial score (nSPS) is 11.6. The van der Waals surface area contributed by atoms with Gasteiger partial charge < -0.3 is 0 Å². The van der Waals surface area contributed by atoms with Crippen molar-refractivity contribution in [1.82, 2.24) is 14.1 Å². The Balaban J connectivity index is 1.37. The second kappa shape index (κ2) is 9.04. The Bertz CT molecular complexity index is 2290. The largest absolute Gasteiger partial charge is 0.334 e. The van der Waals surface area contributed by atoms with Crippen LogP contribution in [0.4, 0.5) is 0 Å². The van der Waals surface area contributed by atoms with Gasteiger partial charge in [-0.3, -0.25) is 4.57 Å². The SMILES string of the molecule is Cn1c(=O)n(-c2ccc(-c3c4ccccc4c(-c4ccc5ccccc5c4)c4ccccc34)cn2)c2ccccc21. The average Bonchev–Trinajstić information content (AvgIpc) is 3.29. The Kier molecular flexibility index (Phi) is 5.16. The predicted molar refractivity (Wildman–Crippen MR) is 170 cm³/mol. The van der Waals surface area contributed by atoms with Crippen molar-refractivity contribution in [3.05, 3.63) is 144 Å². The van der Waals surface area contributed by atoms with E-state index in [1.807, 2.05) is 36.5 Å². The molecule has 0 aliphatic rings. The lowest BCUT2D eigenvalue weighted by molar-refractivity contribution is 0.834. The molecule has 0 saturated heterocycles. The van der Waals surface area contributed by atoms with Crippen LogP contribution in [0, 0.1) is 0 Å². The minimum atomic E-state index is -0.109. The van der Waals surface area contributed by atoms with Gasteiger partial charge in [0.1, 0.15) is 5.82 Å². The lowest BCUT2D eigenvalue weighted by atomic mass is 9.86. The zero-order valence-corrected chi connectivity index (χ0v) is 22.5. The van der Waals surface area contributed by atoms with Crippen molar-refractivity contribution in [2.24, 2.45) is 7.05 Å². The third kappa shape index (κ3) is 3.54. The van der Waals surface area contributed by atoms with Gasteiger partial charge in [0.15, 0.2) is 0 Å². The molecule has 0 unspecified atom stereocenters. The van der Waals surface area contributed by atoms with Gasteiger partial charge in [0.25, 0.3) is 0 Å². The van der Waals surface area contributed by atoms with Gasteiger partial charge in [-0.05, 0) is 79.3 Å². The van der Waals surface area contributed by atoms with Crippen molar-refractivity contribution in [1.29, 1.82) is 0 Å². The minimum Gasteiger partial charge on any atom is -0.295 e. The maximum absolute atomic E-state index is 13.1. The molecule has 0 aliphatic heterocycles. The first kappa shape index (κ1) is 23.4. The summed E-state index contributed by atoms with van der Waals surface area (Å²) in [6.45, 7) is 0. The maximum Gasteiger partial charge on any atom is 0.334 e. The van der Waals surface area contributed by atoms with E-state index in [-0.39, 0.29) is 5.69 Å². The summed E-state index contributed by atoms with van der Waals surface area (Å²) in [4.78, 5) is 18.0. The van der Waals surface area contributed by atoms with Crippen molar-refractivity contribution < 1.29 is 0 Å². The van der Waals surface area contributed by atoms with E-state index in [0.717, 1.165) is 22.2 Å². The lowest BCUT2D eigenvalue weighted by Gasteiger charge is -2.18. The summed E-state index contributed by atoms with van der Waals surface area (Å²) in [6.07, 6.45) is 1.90. The van der Waals surface area contributed by atoms with Crippen LogP contribution in [-0.2, 0) is 7.05 Å². The summed E-state index contributed by atoms with van der Waals surface area (Å²) in [5, 5.41) is 7.21. The van der Waals surface area contributed by atoms with Crippen LogP contribution < -0.4 is 5.69 Å². The second-order valence-electron chi connectivity index (χ2n) is 10.5. The van der Waals surface area contributed by atoms with Crippen LogP contribution in [0.5, 0.6) is 0 Å². The third-order valence-electron chi connectivity index (χ3n) is 8.20. The molecule has 2 aromatic heterocycles. The van der Waals surface area contributed by atoms with Crippen LogP contribution in [0.1, 0.15) is 0 Å². The summed E-state index contributed by atoms with van der Waals surface area (Å²) >= 11 is 0. The fourth-order valence-electron chi connectivity index (χ4n) is 6.28. The number of benzene rings is 6. The fraction of sp³-hybridized carbons (Fsp3) is 0.0270. The highest BCUT2D eigenvalue weighted by Crippen LogP contribution is 2.43. The van der Waals surface area contributed by atoms with Gasteiger partial charge in [-0.25, -0.2) is 14.3 Å². The number of hydrogen-bond acceptors (Lipinski definition) is 2. The first-order valence-corrected chi connectivity index (χ1v) is 13.7. The highest BCUT2D eigenvalue weighted by Gasteiger charge is 2.18. The molecule has 0 spiro atoms. The molecule has 2 heterocycles. The molecule has 0 saturated carbocycles. The molecule has 8 aromatic rings. The molecule has 6 aromatic carbocycles. The third-order valence-corrected chi connectivity index (χ3v) is 8.20. The highest BCUT2D eigenvalue weighted by atomic mass is 16.1. The van der Waals surface area contributed by atoms with Gasteiger partial charge in [0, 0.05) is 18.8 Å². The van der Waals surface area contributed by atoms with Gasteiger partial charge in [-0.1, -0.05) is 97.1 Å². The van der Waals surface area contributed by atoms with Crippen LogP contribution in [0.3, 0.4) is 0 Å². The Morgan fingerprint density at radius 1 is 0.537 bits per heavy atom. The molecule has 0 aliphatic carbocycles. The fourth-order valence-corrected chi connectivity index (χ4v) is 6.28. The molecular formula is C37H25N3O. The van der Waals surface area contributed by atoms with Gasteiger partial charge in [0.2, 0.25) is 0 Å². The summed E-state index contributed by atoms with van der Waals surface area (Å²) in [5.74, 6) is 0.608. The Labute approximate surface area is 236 Å². The van der Waals surface area contributed by atoms with E-state index < -0.39 is 0 Å². The molecule has 0 atom stereocenters. The number of para-hydroxylation sites is 2. The zero-order chi connectivity index (χ0) is 27.5. The van der Waals surface area contributed by atoms with Crippen molar-refractivity contribution >= 4 is 43.4 Å². The van der Waals surface area contributed by atoms with Crippen molar-refractivity contribution in [2.75, 3.05) is 0 Å². The first-order valence-electron chi connectivity index (χ1n) is 13.7. The van der Waals surface area contributed by atoms with Gasteiger partial charge in [-0.2, -0.15) is 0 Å². The van der Waals surface area contributed by atoms with E-state index in [9.17, 15) is 4.79 Å². The van der Waals surface area contributed by atoms with Gasteiger partial charge in [-0.15, -0.1) is 0 Å². The Morgan fingerprint density at radius 2 is 1.07 bits per heavy atom. The number of aryl methyl sites for hydroxylation is 1. The molecule has 4 heteroatoms. The second-order valence-corrected chi connectivity index (χ2v) is 10.5. The van der Waals surface area contributed by atoms with Gasteiger partial charge in [0.05, 0.1) is 11.0 Å². The summed E-state index contributed by atoms with van der Waals surface area (Å²) in [5.41, 5.74) is 6.20. The number of aromatic nitrogens is 3. The Morgan fingerprint density at radius 3 is 1.71 bits per heavy atom. The molecule has 4 nitrogen and oxygen atoms in total. The number of fused-ring (bicyclic) bond motifs is 4. The first-order chi connectivity index (χ1) is 20.2. The Hall–Kier alpha value is -5.48. The molecule has 0 amide bonds. The highest BCUT2D eigenvalue weighted by molar-refractivity contribution is 6.21. The van der Waals surface area contributed by atoms with Crippen LogP contribution in [0.15, 0.2) is 138 Å². The molecular weight excluding hydrogens is 502 g/mol. The topological polar surface area (TPSA) is 39.8 Å². The molecule has 194 valence electrons. The van der Waals surface area contributed by atoms with Crippen LogP contribution in [0.2, 0.25) is 0 Å². The van der Waals surface area contributed by atoms with E-state index >= 15 is 0 Å². The van der Waals surface area contributed by atoms with E-state index in [0.29, 0.717) is 5.82 Å². The maximum atomic E-state index is 13.1. The number of rotatable bonds is 3.